The summed E-state index contributed by atoms with van der Waals surface area (Å²) in [5, 5.41) is 0.185. The number of para-hydroxylation sites is 4. The SMILES string of the molecule is [2H]c1c([2H])c([2H])c(-c2cccc(-c3c([2H])c([2H])c([2H])c([2H])c3[2H])c2-[n+]2[c-]n(-c3cccc(Oc4cc5c(c([2H])c4[2H])c4c([2H])c([2H])c([2H])c([2H])c4n5-c4cc(CC(C)C)ccn4)c3)c3ccccc32)c([2H])c1[2H]. The van der Waals surface area contributed by atoms with Gasteiger partial charge in [-0.25, -0.2) is 4.98 Å². The van der Waals surface area contributed by atoms with Crippen LogP contribution in [0.1, 0.15) is 41.3 Å². The number of rotatable bonds is 9. The molecule has 0 atom stereocenters. The average Bonchev–Trinajstić information content (AvgIpc) is 3.93. The number of nitrogens with zero attached hydrogens (tertiary/aromatic N) is 4. The highest BCUT2D eigenvalue weighted by Gasteiger charge is 2.20. The Morgan fingerprint density at radius 2 is 1.35 bits per heavy atom. The first kappa shape index (κ1) is 21.2. The van der Waals surface area contributed by atoms with Crippen molar-refractivity contribution in [3.63, 3.8) is 0 Å². The zero-order valence-electron chi connectivity index (χ0n) is 46.6. The van der Waals surface area contributed by atoms with Gasteiger partial charge in [-0.3, -0.25) is 13.7 Å². The van der Waals surface area contributed by atoms with Crippen LogP contribution in [0.5, 0.6) is 11.5 Å². The zero-order chi connectivity index (χ0) is 52.2. The standard InChI is InChI=1S/C52H40N4O/c1-36(2)31-37-29-30-53-51(32-37)56-47-24-10-9-21-45(47)46-28-27-42(34-50(46)56)57-41-20-13-19-40(33-41)54-35-55(49-26-12-11-25-48(49)54)52-43(38-15-5-3-6-16-38)22-14-23-44(52)39-17-7-4-8-18-39/h3-30,32-34,36H,31H2,1-2H3/i3D,4D,5D,6D,7D,8D,9D,10D,15D,16D,17D,18D,21D,24D,27D,28D. The minimum Gasteiger partial charge on any atom is -0.458 e. The largest absolute Gasteiger partial charge is 0.458 e. The first-order valence-corrected chi connectivity index (χ1v) is 18.2. The molecule has 0 spiro atoms. The Hall–Kier alpha value is -7.24. The highest BCUT2D eigenvalue weighted by Crippen LogP contribution is 2.37. The summed E-state index contributed by atoms with van der Waals surface area (Å²) in [7, 11) is 0. The van der Waals surface area contributed by atoms with Gasteiger partial charge in [-0.05, 0) is 88.6 Å². The van der Waals surface area contributed by atoms with Gasteiger partial charge in [-0.15, -0.1) is 0 Å². The monoisotopic (exact) mass is 752 g/mol. The second-order valence-electron chi connectivity index (χ2n) is 13.8. The van der Waals surface area contributed by atoms with Crippen molar-refractivity contribution in [1.82, 2.24) is 14.1 Å². The van der Waals surface area contributed by atoms with Crippen LogP contribution in [0.4, 0.5) is 0 Å². The second-order valence-corrected chi connectivity index (χ2v) is 13.8. The van der Waals surface area contributed by atoms with Gasteiger partial charge in [-0.2, -0.15) is 0 Å². The van der Waals surface area contributed by atoms with E-state index in [1.807, 2.05) is 12.1 Å². The van der Waals surface area contributed by atoms with E-state index in [0.29, 0.717) is 34.9 Å². The molecule has 10 aromatic rings. The Morgan fingerprint density at radius 1 is 0.649 bits per heavy atom. The van der Waals surface area contributed by atoms with Crippen molar-refractivity contribution < 1.29 is 31.2 Å². The van der Waals surface area contributed by atoms with Gasteiger partial charge in [0.15, 0.2) is 0 Å². The molecular weight excluding hydrogens is 697 g/mol. The zero-order valence-corrected chi connectivity index (χ0v) is 30.6. The van der Waals surface area contributed by atoms with E-state index in [9.17, 15) is 2.74 Å². The molecule has 0 unspecified atom stereocenters. The van der Waals surface area contributed by atoms with Crippen LogP contribution in [0.3, 0.4) is 0 Å². The van der Waals surface area contributed by atoms with E-state index in [4.69, 9.17) is 23.9 Å². The lowest BCUT2D eigenvalue weighted by Crippen LogP contribution is -2.31. The van der Waals surface area contributed by atoms with Crippen LogP contribution in [-0.4, -0.2) is 14.1 Å². The number of aromatic nitrogens is 4. The fraction of sp³-hybridized carbons (Fsp3) is 0.0769. The summed E-state index contributed by atoms with van der Waals surface area (Å²) in [6, 6.07) is 15.5. The van der Waals surface area contributed by atoms with E-state index in [2.05, 4.69) is 25.2 Å². The van der Waals surface area contributed by atoms with Crippen molar-refractivity contribution in [2.45, 2.75) is 20.3 Å². The Balaban J connectivity index is 1.18. The number of fused-ring (bicyclic) bond motifs is 4. The van der Waals surface area contributed by atoms with Crippen LogP contribution in [0.25, 0.3) is 72.3 Å². The summed E-state index contributed by atoms with van der Waals surface area (Å²) >= 11 is 0. The van der Waals surface area contributed by atoms with Crippen LogP contribution >= 0.6 is 0 Å². The maximum absolute atomic E-state index is 9.34. The Morgan fingerprint density at radius 3 is 2.12 bits per heavy atom. The topological polar surface area (TPSA) is 35.9 Å². The quantitative estimate of drug-likeness (QED) is 0.109. The molecule has 0 aliphatic carbocycles. The van der Waals surface area contributed by atoms with E-state index in [0.717, 1.165) is 5.56 Å². The molecule has 0 fully saturated rings. The van der Waals surface area contributed by atoms with E-state index in [1.165, 1.54) is 24.3 Å². The van der Waals surface area contributed by atoms with Gasteiger partial charge in [0.2, 0.25) is 0 Å². The van der Waals surface area contributed by atoms with E-state index < -0.39 is 72.5 Å². The molecule has 0 amide bonds. The van der Waals surface area contributed by atoms with E-state index in [-0.39, 0.29) is 85.4 Å². The number of pyridine rings is 1. The van der Waals surface area contributed by atoms with Crippen molar-refractivity contribution >= 4 is 32.8 Å². The molecule has 0 bridgehead atoms. The molecule has 3 aromatic heterocycles. The van der Waals surface area contributed by atoms with Crippen molar-refractivity contribution in [2.24, 2.45) is 5.92 Å². The van der Waals surface area contributed by atoms with Gasteiger partial charge in [0.25, 0.3) is 6.33 Å². The van der Waals surface area contributed by atoms with Gasteiger partial charge >= 0.3 is 0 Å². The third-order valence-corrected chi connectivity index (χ3v) is 9.57. The van der Waals surface area contributed by atoms with Crippen LogP contribution in [0, 0.1) is 12.2 Å². The first-order valence-electron chi connectivity index (χ1n) is 26.2. The summed E-state index contributed by atoms with van der Waals surface area (Å²) in [6.45, 7) is 4.15. The van der Waals surface area contributed by atoms with E-state index in [1.54, 1.807) is 68.4 Å². The lowest BCUT2D eigenvalue weighted by Gasteiger charge is -2.17. The number of hydrogen-bond donors (Lipinski definition) is 0. The lowest BCUT2D eigenvalue weighted by molar-refractivity contribution is -0.571. The van der Waals surface area contributed by atoms with Crippen LogP contribution < -0.4 is 9.30 Å². The normalized spacial score (nSPS) is 15.5. The number of hydrogen-bond acceptors (Lipinski definition) is 2. The third-order valence-electron chi connectivity index (χ3n) is 9.57. The lowest BCUT2D eigenvalue weighted by atomic mass is 9.95. The minimum absolute atomic E-state index is 0.0651. The molecule has 7 aromatic carbocycles. The number of imidazole rings is 1. The Labute approximate surface area is 354 Å². The Kier molecular flexibility index (Phi) is 5.36. The van der Waals surface area contributed by atoms with Gasteiger partial charge in [-0.1, -0.05) is 141 Å². The maximum atomic E-state index is 9.34. The van der Waals surface area contributed by atoms with Crippen molar-refractivity contribution in [2.75, 3.05) is 0 Å². The molecular formula is C52H40N4O. The summed E-state index contributed by atoms with van der Waals surface area (Å²) in [6.07, 6.45) is 5.67. The van der Waals surface area contributed by atoms with Gasteiger partial charge < -0.3 is 4.74 Å². The molecule has 3 heterocycles. The van der Waals surface area contributed by atoms with Gasteiger partial charge in [0.1, 0.15) is 17.3 Å². The van der Waals surface area contributed by atoms with Gasteiger partial charge in [0, 0.05) is 23.0 Å². The molecule has 5 nitrogen and oxygen atoms in total. The molecule has 0 radical (unpaired) electrons. The van der Waals surface area contributed by atoms with Crippen molar-refractivity contribution in [3.05, 3.63) is 200 Å². The molecule has 0 saturated carbocycles. The molecule has 0 N–H and O–H groups in total. The third kappa shape index (κ3) is 6.33. The smallest absolute Gasteiger partial charge is 0.269 e. The van der Waals surface area contributed by atoms with E-state index >= 15 is 0 Å². The summed E-state index contributed by atoms with van der Waals surface area (Å²) in [5.74, 6) is 0.769. The Bertz CT molecular complexity index is 3850. The highest BCUT2D eigenvalue weighted by molar-refractivity contribution is 6.09. The number of ether oxygens (including phenoxy) is 1. The van der Waals surface area contributed by atoms with Crippen LogP contribution in [-0.2, 0) is 6.42 Å². The van der Waals surface area contributed by atoms with Crippen molar-refractivity contribution in [1.29, 1.82) is 0 Å². The predicted octanol–water partition coefficient (Wildman–Crippen LogP) is 12.5. The molecule has 0 saturated heterocycles. The average molecular weight is 753 g/mol. The highest BCUT2D eigenvalue weighted by atomic mass is 16.5. The predicted molar refractivity (Wildman–Crippen MR) is 232 cm³/mol. The van der Waals surface area contributed by atoms with Gasteiger partial charge in [0.05, 0.1) is 55.4 Å². The summed E-state index contributed by atoms with van der Waals surface area (Å²) < 4.78 is 152. The molecule has 5 heteroatoms. The van der Waals surface area contributed by atoms with Crippen LogP contribution in [0.15, 0.2) is 188 Å². The summed E-state index contributed by atoms with van der Waals surface area (Å²) in [4.78, 5) is 4.62. The number of benzene rings is 7. The molecule has 0 aliphatic heterocycles. The van der Waals surface area contributed by atoms with Crippen molar-refractivity contribution in [3.8, 4) is 50.9 Å². The fourth-order valence-corrected chi connectivity index (χ4v) is 7.22. The minimum atomic E-state index is -0.614. The fourth-order valence-electron chi connectivity index (χ4n) is 7.22. The molecule has 274 valence electrons. The molecule has 57 heavy (non-hydrogen) atoms. The second kappa shape index (κ2) is 14.4. The summed E-state index contributed by atoms with van der Waals surface area (Å²) in [5.41, 5.74) is 2.58. The molecule has 10 rings (SSSR count). The molecule has 0 aliphatic rings. The first-order chi connectivity index (χ1) is 34.7. The maximum Gasteiger partial charge on any atom is 0.269 e. The van der Waals surface area contributed by atoms with Crippen LogP contribution in [0.2, 0.25) is 0 Å².